The van der Waals surface area contributed by atoms with Gasteiger partial charge < -0.3 is 18.6 Å². The van der Waals surface area contributed by atoms with Gasteiger partial charge in [0.2, 0.25) is 5.82 Å². The van der Waals surface area contributed by atoms with Crippen LogP contribution < -0.4 is 5.56 Å². The molecule has 1 aromatic carbocycles. The second-order valence-corrected chi connectivity index (χ2v) is 6.99. The quantitative estimate of drug-likeness (QED) is 0.490. The van der Waals surface area contributed by atoms with Gasteiger partial charge in [0.1, 0.15) is 34.5 Å². The van der Waals surface area contributed by atoms with Crippen molar-refractivity contribution in [2.45, 2.75) is 25.0 Å². The molecule has 3 aromatic heterocycles. The van der Waals surface area contributed by atoms with Gasteiger partial charge in [0, 0.05) is 20.8 Å². The summed E-state index contributed by atoms with van der Waals surface area (Å²) in [5.74, 6) is 0.0603. The fourth-order valence-corrected chi connectivity index (χ4v) is 3.61. The molecule has 0 aliphatic heterocycles. The molecule has 0 N–H and O–H groups in total. The summed E-state index contributed by atoms with van der Waals surface area (Å²) in [6.07, 6.45) is 3.05. The van der Waals surface area contributed by atoms with Crippen LogP contribution in [0.1, 0.15) is 18.7 Å². The predicted octanol–water partition coefficient (Wildman–Crippen LogP) is 2.12. The van der Waals surface area contributed by atoms with Crippen molar-refractivity contribution in [2.75, 3.05) is 20.8 Å². The molecule has 5 rings (SSSR count). The van der Waals surface area contributed by atoms with Crippen molar-refractivity contribution in [1.82, 2.24) is 24.1 Å². The number of imidazole rings is 1. The summed E-state index contributed by atoms with van der Waals surface area (Å²) >= 11 is 0. The minimum absolute atomic E-state index is 0.191. The van der Waals surface area contributed by atoms with E-state index in [1.54, 1.807) is 23.6 Å². The number of ether oxygens (including phenoxy) is 2. The number of halogens is 1. The second kappa shape index (κ2) is 6.46. The van der Waals surface area contributed by atoms with Gasteiger partial charge in [-0.15, -0.1) is 0 Å². The highest BCUT2D eigenvalue weighted by Crippen LogP contribution is 2.48. The number of rotatable bonds is 6. The molecule has 1 saturated carbocycles. The van der Waals surface area contributed by atoms with Crippen molar-refractivity contribution < 1.29 is 18.4 Å². The Hall–Kier alpha value is -3.11. The number of nitrogens with zero attached hydrogens (tertiary/aromatic N) is 5. The molecule has 0 unspecified atom stereocenters. The van der Waals surface area contributed by atoms with Gasteiger partial charge in [0.05, 0.1) is 12.1 Å². The fraction of sp³-hybridized carbons (Fsp3) is 0.368. The first kappa shape index (κ1) is 18.0. The Kier molecular flexibility index (Phi) is 4.00. The van der Waals surface area contributed by atoms with E-state index < -0.39 is 17.0 Å². The number of methoxy groups -OCH3 is 2. The summed E-state index contributed by atoms with van der Waals surface area (Å²) in [7, 11) is 3.12. The Bertz CT molecular complexity index is 1290. The van der Waals surface area contributed by atoms with Gasteiger partial charge in [-0.2, -0.15) is 4.98 Å². The Morgan fingerprint density at radius 3 is 2.83 bits per heavy atom. The minimum Gasteiger partial charge on any atom is -0.383 e. The first-order valence-corrected chi connectivity index (χ1v) is 9.16. The molecule has 29 heavy (non-hydrogen) atoms. The Morgan fingerprint density at radius 2 is 2.10 bits per heavy atom. The molecule has 150 valence electrons. The molecule has 0 bridgehead atoms. The zero-order chi connectivity index (χ0) is 20.2. The van der Waals surface area contributed by atoms with Crippen molar-refractivity contribution in [3.8, 4) is 11.5 Å². The SMILES string of the molecule is COCCn1c(=O)c2c(-c3noc(C4(OC)CC4)n3)ncn2c2cccc(F)c21. The fourth-order valence-electron chi connectivity index (χ4n) is 3.61. The molecule has 1 fully saturated rings. The molecule has 0 saturated heterocycles. The van der Waals surface area contributed by atoms with Crippen LogP contribution in [-0.4, -0.2) is 44.9 Å². The minimum atomic E-state index is -0.546. The van der Waals surface area contributed by atoms with E-state index in [9.17, 15) is 9.18 Å². The highest BCUT2D eigenvalue weighted by atomic mass is 19.1. The maximum Gasteiger partial charge on any atom is 0.277 e. The largest absolute Gasteiger partial charge is 0.383 e. The van der Waals surface area contributed by atoms with E-state index in [1.807, 2.05) is 0 Å². The van der Waals surface area contributed by atoms with Crippen LogP contribution in [0.5, 0.6) is 0 Å². The molecule has 10 heteroatoms. The molecule has 1 aliphatic rings. The van der Waals surface area contributed by atoms with Crippen LogP contribution in [0, 0.1) is 5.82 Å². The number of benzene rings is 1. The van der Waals surface area contributed by atoms with Crippen LogP contribution >= 0.6 is 0 Å². The molecule has 0 radical (unpaired) electrons. The summed E-state index contributed by atoms with van der Waals surface area (Å²) in [4.78, 5) is 22.0. The van der Waals surface area contributed by atoms with Crippen molar-refractivity contribution >= 4 is 16.6 Å². The van der Waals surface area contributed by atoms with E-state index in [4.69, 9.17) is 14.0 Å². The van der Waals surface area contributed by atoms with Crippen LogP contribution in [0.2, 0.25) is 0 Å². The van der Waals surface area contributed by atoms with Gasteiger partial charge in [-0.25, -0.2) is 9.37 Å². The maximum atomic E-state index is 14.6. The number of fused-ring (bicyclic) bond motifs is 3. The van der Waals surface area contributed by atoms with Gasteiger partial charge in [-0.05, 0) is 25.0 Å². The average Bonchev–Trinajstić information content (AvgIpc) is 3.15. The van der Waals surface area contributed by atoms with Crippen LogP contribution in [0.4, 0.5) is 4.39 Å². The maximum absolute atomic E-state index is 14.6. The zero-order valence-corrected chi connectivity index (χ0v) is 15.9. The van der Waals surface area contributed by atoms with Crippen molar-refractivity contribution in [3.05, 3.63) is 46.6 Å². The van der Waals surface area contributed by atoms with Crippen LogP contribution in [-0.2, 0) is 21.6 Å². The summed E-state index contributed by atoms with van der Waals surface area (Å²) in [6, 6.07) is 4.63. The molecule has 0 spiro atoms. The van der Waals surface area contributed by atoms with E-state index in [2.05, 4.69) is 15.1 Å². The summed E-state index contributed by atoms with van der Waals surface area (Å²) in [5, 5.41) is 4.00. The van der Waals surface area contributed by atoms with Gasteiger partial charge in [-0.1, -0.05) is 11.2 Å². The number of hydrogen-bond donors (Lipinski definition) is 0. The predicted molar refractivity (Wildman–Crippen MR) is 100 cm³/mol. The van der Waals surface area contributed by atoms with Crippen LogP contribution in [0.3, 0.4) is 0 Å². The van der Waals surface area contributed by atoms with E-state index in [1.165, 1.54) is 24.1 Å². The lowest BCUT2D eigenvalue weighted by Gasteiger charge is -2.12. The lowest BCUT2D eigenvalue weighted by Crippen LogP contribution is -2.25. The third-order valence-corrected chi connectivity index (χ3v) is 5.35. The molecule has 0 atom stereocenters. The summed E-state index contributed by atoms with van der Waals surface area (Å²) in [6.45, 7) is 0.448. The lowest BCUT2D eigenvalue weighted by molar-refractivity contribution is 0.0492. The smallest absolute Gasteiger partial charge is 0.277 e. The van der Waals surface area contributed by atoms with E-state index >= 15 is 0 Å². The summed E-state index contributed by atoms with van der Waals surface area (Å²) in [5.41, 5.74) is 0.259. The summed E-state index contributed by atoms with van der Waals surface area (Å²) < 4.78 is 33.5. The third kappa shape index (κ3) is 2.60. The highest BCUT2D eigenvalue weighted by Gasteiger charge is 2.50. The average molecular weight is 399 g/mol. The van der Waals surface area contributed by atoms with E-state index in [0.717, 1.165) is 12.8 Å². The third-order valence-electron chi connectivity index (χ3n) is 5.35. The number of hydrogen-bond acceptors (Lipinski definition) is 7. The Morgan fingerprint density at radius 1 is 1.28 bits per heavy atom. The normalized spacial score (nSPS) is 15.4. The van der Waals surface area contributed by atoms with Crippen LogP contribution in [0.15, 0.2) is 33.8 Å². The monoisotopic (exact) mass is 399 g/mol. The molecule has 4 aromatic rings. The molecule has 9 nitrogen and oxygen atoms in total. The van der Waals surface area contributed by atoms with Gasteiger partial charge in [0.15, 0.2) is 0 Å². The van der Waals surface area contributed by atoms with E-state index in [-0.39, 0.29) is 35.7 Å². The molecular formula is C19H18FN5O4. The van der Waals surface area contributed by atoms with Crippen molar-refractivity contribution in [3.63, 3.8) is 0 Å². The zero-order valence-electron chi connectivity index (χ0n) is 15.9. The highest BCUT2D eigenvalue weighted by molar-refractivity contribution is 5.84. The number of aromatic nitrogens is 5. The Balaban J connectivity index is 1.76. The molecule has 0 amide bonds. The lowest BCUT2D eigenvalue weighted by atomic mass is 10.2. The molecule has 3 heterocycles. The molecular weight excluding hydrogens is 381 g/mol. The Labute approximate surface area is 163 Å². The van der Waals surface area contributed by atoms with Crippen molar-refractivity contribution in [2.24, 2.45) is 0 Å². The standard InChI is InChI=1S/C19H18FN5O4/c1-27-9-8-24-14-11(20)4-3-5-12(14)25-10-21-13(15(25)17(24)26)16-22-18(29-23-16)19(28-2)6-7-19/h3-5,10H,6-9H2,1-2H3. The van der Waals surface area contributed by atoms with Crippen molar-refractivity contribution in [1.29, 1.82) is 0 Å². The van der Waals surface area contributed by atoms with Gasteiger partial charge in [0.25, 0.3) is 11.4 Å². The van der Waals surface area contributed by atoms with E-state index in [0.29, 0.717) is 11.4 Å². The first-order chi connectivity index (χ1) is 14.1. The van der Waals surface area contributed by atoms with Gasteiger partial charge in [-0.3, -0.25) is 9.20 Å². The molecule has 1 aliphatic carbocycles. The second-order valence-electron chi connectivity index (χ2n) is 6.99. The number of para-hydroxylation sites is 1. The first-order valence-electron chi connectivity index (χ1n) is 9.16. The topological polar surface area (TPSA) is 96.7 Å². The van der Waals surface area contributed by atoms with Gasteiger partial charge >= 0.3 is 0 Å². The van der Waals surface area contributed by atoms with Crippen LogP contribution in [0.25, 0.3) is 28.1 Å².